The summed E-state index contributed by atoms with van der Waals surface area (Å²) in [5, 5.41) is 0. The van der Waals surface area contributed by atoms with Gasteiger partial charge in [-0.25, -0.2) is 13.2 Å². The second-order valence-electron chi connectivity index (χ2n) is 7.12. The van der Waals surface area contributed by atoms with Crippen molar-refractivity contribution in [3.05, 3.63) is 82.9 Å². The van der Waals surface area contributed by atoms with Gasteiger partial charge in [-0.15, -0.1) is 0 Å². The number of esters is 1. The van der Waals surface area contributed by atoms with Gasteiger partial charge in [-0.05, 0) is 36.6 Å². The molecule has 7 nitrogen and oxygen atoms in total. The Balaban J connectivity index is 2.08. The highest BCUT2D eigenvalue weighted by Gasteiger charge is 2.27. The van der Waals surface area contributed by atoms with Gasteiger partial charge in [0.1, 0.15) is 4.90 Å². The van der Waals surface area contributed by atoms with Gasteiger partial charge >= 0.3 is 5.97 Å². The molecule has 3 rings (SSSR count). The fourth-order valence-corrected chi connectivity index (χ4v) is 4.63. The van der Waals surface area contributed by atoms with E-state index in [1.165, 1.54) is 33.5 Å². The first-order valence-electron chi connectivity index (χ1n) is 9.79. The average Bonchev–Trinajstić information content (AvgIpc) is 2.80. The van der Waals surface area contributed by atoms with Crippen LogP contribution in [0.2, 0.25) is 0 Å². The second kappa shape index (κ2) is 9.74. The first-order chi connectivity index (χ1) is 15.3. The molecule has 0 saturated heterocycles. The molecule has 168 valence electrons. The van der Waals surface area contributed by atoms with Crippen molar-refractivity contribution in [3.63, 3.8) is 0 Å². The van der Waals surface area contributed by atoms with Crippen molar-refractivity contribution in [3.8, 4) is 11.5 Å². The molecule has 32 heavy (non-hydrogen) atoms. The van der Waals surface area contributed by atoms with Crippen molar-refractivity contribution in [2.75, 3.05) is 26.1 Å². The predicted molar refractivity (Wildman–Crippen MR) is 122 cm³/mol. The Morgan fingerprint density at radius 3 is 2.19 bits per heavy atom. The first-order valence-corrected chi connectivity index (χ1v) is 11.3. The molecule has 0 aliphatic rings. The Labute approximate surface area is 188 Å². The lowest BCUT2D eigenvalue weighted by molar-refractivity contribution is 0.0596. The van der Waals surface area contributed by atoms with Crippen molar-refractivity contribution < 1.29 is 27.4 Å². The van der Waals surface area contributed by atoms with Crippen LogP contribution in [-0.2, 0) is 21.2 Å². The van der Waals surface area contributed by atoms with Crippen molar-refractivity contribution in [2.24, 2.45) is 0 Å². The van der Waals surface area contributed by atoms with Crippen LogP contribution in [0.4, 0.5) is 5.69 Å². The Morgan fingerprint density at radius 2 is 1.56 bits per heavy atom. The summed E-state index contributed by atoms with van der Waals surface area (Å²) in [7, 11) is -0.207. The second-order valence-corrected chi connectivity index (χ2v) is 8.77. The van der Waals surface area contributed by atoms with E-state index in [1.54, 1.807) is 6.07 Å². The molecule has 0 bridgehead atoms. The van der Waals surface area contributed by atoms with Gasteiger partial charge in [0.25, 0.3) is 10.0 Å². The molecule has 0 radical (unpaired) electrons. The molecule has 0 amide bonds. The molecule has 0 unspecified atom stereocenters. The molecule has 0 fully saturated rings. The van der Waals surface area contributed by atoms with Crippen molar-refractivity contribution >= 4 is 21.7 Å². The maximum absolute atomic E-state index is 13.4. The third-order valence-electron chi connectivity index (χ3n) is 4.92. The molecule has 3 aromatic rings. The van der Waals surface area contributed by atoms with Crippen LogP contribution in [0.1, 0.15) is 27.0 Å². The maximum atomic E-state index is 13.4. The van der Waals surface area contributed by atoms with E-state index in [0.717, 1.165) is 16.7 Å². The third-order valence-corrected chi connectivity index (χ3v) is 6.33. The first kappa shape index (κ1) is 23.1. The zero-order valence-corrected chi connectivity index (χ0v) is 19.2. The molecule has 3 aromatic carbocycles. The lowest BCUT2D eigenvalue weighted by Crippen LogP contribution is -2.19. The predicted octanol–water partition coefficient (Wildman–Crippen LogP) is 4.19. The highest BCUT2D eigenvalue weighted by molar-refractivity contribution is 7.92. The molecule has 0 aliphatic carbocycles. The zero-order valence-electron chi connectivity index (χ0n) is 18.3. The van der Waals surface area contributed by atoms with Crippen LogP contribution in [0.5, 0.6) is 11.5 Å². The third kappa shape index (κ3) is 5.03. The van der Waals surface area contributed by atoms with Crippen molar-refractivity contribution in [1.29, 1.82) is 0 Å². The summed E-state index contributed by atoms with van der Waals surface area (Å²) < 4.78 is 44.6. The van der Waals surface area contributed by atoms with Gasteiger partial charge in [0, 0.05) is 6.07 Å². The van der Waals surface area contributed by atoms with E-state index in [9.17, 15) is 13.2 Å². The number of rotatable bonds is 8. The normalized spacial score (nSPS) is 11.0. The van der Waals surface area contributed by atoms with Gasteiger partial charge in [0.05, 0.1) is 32.6 Å². The largest absolute Gasteiger partial charge is 0.493 e. The van der Waals surface area contributed by atoms with Crippen LogP contribution in [0, 0.1) is 6.92 Å². The maximum Gasteiger partial charge on any atom is 0.339 e. The molecule has 0 spiro atoms. The average molecular weight is 456 g/mol. The number of carbonyl (C=O) groups excluding carboxylic acids is 1. The van der Waals surface area contributed by atoms with Gasteiger partial charge in [-0.3, -0.25) is 4.72 Å². The monoisotopic (exact) mass is 455 g/mol. The highest BCUT2D eigenvalue weighted by atomic mass is 32.2. The van der Waals surface area contributed by atoms with Gasteiger partial charge in [-0.1, -0.05) is 48.0 Å². The quantitative estimate of drug-likeness (QED) is 0.512. The lowest BCUT2D eigenvalue weighted by Gasteiger charge is -2.17. The molecule has 0 atom stereocenters. The summed E-state index contributed by atoms with van der Waals surface area (Å²) >= 11 is 0. The Kier molecular flexibility index (Phi) is 7.05. The van der Waals surface area contributed by atoms with E-state index in [0.29, 0.717) is 12.1 Å². The molecule has 1 N–H and O–H groups in total. The van der Waals surface area contributed by atoms with E-state index in [4.69, 9.17) is 14.2 Å². The Morgan fingerprint density at radius 1 is 0.906 bits per heavy atom. The molecular formula is C24H25NO6S. The summed E-state index contributed by atoms with van der Waals surface area (Å²) in [5.74, 6) is -0.416. The minimum atomic E-state index is -4.17. The van der Waals surface area contributed by atoms with E-state index in [-0.39, 0.29) is 22.0 Å². The van der Waals surface area contributed by atoms with Gasteiger partial charge in [0.2, 0.25) is 0 Å². The number of carbonyl (C=O) groups is 1. The van der Waals surface area contributed by atoms with Crippen LogP contribution >= 0.6 is 0 Å². The highest BCUT2D eigenvalue weighted by Crippen LogP contribution is 2.34. The molecule has 0 heterocycles. The minimum absolute atomic E-state index is 0.158. The van der Waals surface area contributed by atoms with Crippen LogP contribution < -0.4 is 14.2 Å². The standard InChI is InChI=1S/C24H25NO6S/c1-16-10-11-20(18(12-16)13-17-8-6-5-7-9-17)25-32(27,28)23-15-22(30-3)21(29-2)14-19(23)24(26)31-4/h5-12,14-15,25H,13H2,1-4H3. The Bertz CT molecular complexity index is 1220. The number of hydrogen-bond acceptors (Lipinski definition) is 6. The topological polar surface area (TPSA) is 90.9 Å². The molecule has 0 aliphatic heterocycles. The fraction of sp³-hybridized carbons (Fsp3) is 0.208. The Hall–Kier alpha value is -3.52. The summed E-state index contributed by atoms with van der Waals surface area (Å²) in [6, 6.07) is 17.7. The number of hydrogen-bond donors (Lipinski definition) is 1. The van der Waals surface area contributed by atoms with Crippen molar-refractivity contribution in [1.82, 2.24) is 0 Å². The minimum Gasteiger partial charge on any atom is -0.493 e. The molecule has 0 saturated carbocycles. The number of sulfonamides is 1. The number of anilines is 1. The smallest absolute Gasteiger partial charge is 0.339 e. The van der Waals surface area contributed by atoms with E-state index in [1.807, 2.05) is 49.4 Å². The van der Waals surface area contributed by atoms with Crippen LogP contribution in [0.25, 0.3) is 0 Å². The van der Waals surface area contributed by atoms with E-state index in [2.05, 4.69) is 4.72 Å². The number of methoxy groups -OCH3 is 3. The van der Waals surface area contributed by atoms with Crippen LogP contribution in [0.3, 0.4) is 0 Å². The number of nitrogens with one attached hydrogen (secondary N) is 1. The van der Waals surface area contributed by atoms with E-state index < -0.39 is 16.0 Å². The summed E-state index contributed by atoms with van der Waals surface area (Å²) in [5.41, 5.74) is 3.11. The molecular weight excluding hydrogens is 430 g/mol. The fourth-order valence-electron chi connectivity index (χ4n) is 3.34. The molecule has 0 aromatic heterocycles. The summed E-state index contributed by atoms with van der Waals surface area (Å²) in [4.78, 5) is 12.1. The number of ether oxygens (including phenoxy) is 3. The SMILES string of the molecule is COC(=O)c1cc(OC)c(OC)cc1S(=O)(=O)Nc1ccc(C)cc1Cc1ccccc1. The van der Waals surface area contributed by atoms with Gasteiger partial charge < -0.3 is 14.2 Å². The summed E-state index contributed by atoms with van der Waals surface area (Å²) in [6.45, 7) is 1.94. The van der Waals surface area contributed by atoms with Gasteiger partial charge in [0.15, 0.2) is 11.5 Å². The van der Waals surface area contributed by atoms with Crippen LogP contribution in [-0.4, -0.2) is 35.7 Å². The number of benzene rings is 3. The zero-order chi connectivity index (χ0) is 23.3. The van der Waals surface area contributed by atoms with Crippen molar-refractivity contribution in [2.45, 2.75) is 18.2 Å². The van der Waals surface area contributed by atoms with E-state index >= 15 is 0 Å². The van der Waals surface area contributed by atoms with Gasteiger partial charge in [-0.2, -0.15) is 0 Å². The summed E-state index contributed by atoms with van der Waals surface area (Å²) in [6.07, 6.45) is 0.538. The molecule has 8 heteroatoms. The van der Waals surface area contributed by atoms with Crippen LogP contribution in [0.15, 0.2) is 65.6 Å². The number of aryl methyl sites for hydroxylation is 1. The lowest BCUT2D eigenvalue weighted by atomic mass is 10.0.